The molecule has 3 aromatic heterocycles. The van der Waals surface area contributed by atoms with Gasteiger partial charge in [0.05, 0.1) is 0 Å². The van der Waals surface area contributed by atoms with Crippen molar-refractivity contribution >= 4 is 148 Å². The van der Waals surface area contributed by atoms with Crippen LogP contribution in [0.15, 0.2) is 258 Å². The van der Waals surface area contributed by atoms with Crippen LogP contribution in [0.2, 0.25) is 39.3 Å². The summed E-state index contributed by atoms with van der Waals surface area (Å²) >= 11 is 0. The third kappa shape index (κ3) is 7.46. The van der Waals surface area contributed by atoms with Crippen LogP contribution in [0.5, 0.6) is 0 Å². The van der Waals surface area contributed by atoms with E-state index in [9.17, 15) is 10.5 Å². The predicted octanol–water partition coefficient (Wildman–Crippen LogP) is 20.8. The molecule has 0 N–H and O–H groups in total. The van der Waals surface area contributed by atoms with Gasteiger partial charge in [0.1, 0.15) is 0 Å². The number of hydrogen-bond acceptors (Lipinski definition) is 6. The van der Waals surface area contributed by atoms with Crippen molar-refractivity contribution in [3.05, 3.63) is 282 Å². The van der Waals surface area contributed by atoms with Crippen LogP contribution in [0.1, 0.15) is 33.4 Å². The number of para-hydroxylation sites is 5. The zero-order chi connectivity index (χ0) is 62.1. The average Bonchev–Trinajstić information content (AvgIpc) is 1.47. The third-order valence-electron chi connectivity index (χ3n) is 20.2. The van der Waals surface area contributed by atoms with Crippen molar-refractivity contribution in [2.45, 2.75) is 44.7 Å². The van der Waals surface area contributed by atoms with Crippen molar-refractivity contribution in [1.29, 1.82) is 10.5 Å². The summed E-state index contributed by atoms with van der Waals surface area (Å²) in [5, 5.41) is 34.4. The average molecular weight is 1220 g/mol. The Hall–Kier alpha value is -11.2. The van der Waals surface area contributed by atoms with Gasteiger partial charge in [0.25, 0.3) is 0 Å². The summed E-state index contributed by atoms with van der Waals surface area (Å²) in [6.07, 6.45) is 0. The predicted molar refractivity (Wildman–Crippen MR) is 389 cm³/mol. The number of fused-ring (bicyclic) bond motifs is 22. The second-order valence-corrected chi connectivity index (χ2v) is 39.5. The first-order valence-corrected chi connectivity index (χ1v) is 40.2. The second-order valence-electron chi connectivity index (χ2n) is 27.8. The van der Waals surface area contributed by atoms with Gasteiger partial charge in [-0.1, -0.05) is 54.6 Å². The minimum absolute atomic E-state index is 0.496. The van der Waals surface area contributed by atoms with E-state index in [-0.39, 0.29) is 0 Å². The Morgan fingerprint density at radius 1 is 0.359 bits per heavy atom. The second kappa shape index (κ2) is 19.4. The molecule has 16 aromatic rings. The molecule has 1 spiro atoms. The molecular weight excluding hydrogens is 1160 g/mol. The van der Waals surface area contributed by atoms with E-state index in [1.54, 1.807) is 0 Å². The monoisotopic (exact) mass is 1220 g/mol. The molecule has 1 aliphatic heterocycles. The Morgan fingerprint density at radius 3 is 1.33 bits per heavy atom. The Morgan fingerprint density at radius 2 is 0.804 bits per heavy atom. The van der Waals surface area contributed by atoms with Gasteiger partial charge in [0, 0.05) is 0 Å². The number of rotatable bonds is 8. The molecule has 0 amide bonds. The topological polar surface area (TPSA) is 85.3 Å². The molecule has 9 heteroatoms. The summed E-state index contributed by atoms with van der Waals surface area (Å²) in [5.74, 6) is 0. The molecule has 0 radical (unpaired) electrons. The van der Waals surface area contributed by atoms with Crippen molar-refractivity contribution < 1.29 is 8.83 Å². The first-order chi connectivity index (χ1) is 44.8. The number of furan rings is 2. The molecule has 4 heterocycles. The third-order valence-corrected chi connectivity index (χ3v) is 25.0. The molecule has 0 saturated heterocycles. The standard InChI is InChI=1S/C83H61N5O2Si2/c1-91(2,3)58-38-33-54(34-39-58)86(74-29-15-25-64-62-23-13-19-52(48-84)79(62)89-81(64)74)56-37-44-72-66(45-56)67-46-57(87(55-35-40-59(41-36-55)92(4,5)6)75-30-16-26-65-63-24-14-20-53(49-85)80(63)90-82(65)75)47-71-78(67)88(72)73-28-12-11-27-68(73)83(71)69-42-31-50-17-7-9-21-60(50)76(69)77-61-22-10-8-18-51(61)32-43-70(77)83/h7-47,91-92H,1-6H3/q-2. The molecule has 13 aromatic carbocycles. The number of benzene rings is 13. The van der Waals surface area contributed by atoms with E-state index in [0.29, 0.717) is 33.5 Å². The van der Waals surface area contributed by atoms with Crippen molar-refractivity contribution in [2.24, 2.45) is 0 Å². The van der Waals surface area contributed by atoms with E-state index in [1.807, 2.05) is 24.3 Å². The van der Waals surface area contributed by atoms with Gasteiger partial charge >= 0.3 is 472 Å². The zero-order valence-corrected chi connectivity index (χ0v) is 54.2. The fourth-order valence-electron chi connectivity index (χ4n) is 15.9. The Balaban J connectivity index is 1.00. The molecule has 0 saturated carbocycles. The van der Waals surface area contributed by atoms with Gasteiger partial charge in [0.2, 0.25) is 0 Å². The summed E-state index contributed by atoms with van der Waals surface area (Å²) in [6.45, 7) is 14.5. The van der Waals surface area contributed by atoms with Crippen LogP contribution in [-0.2, 0) is 5.41 Å². The summed E-state index contributed by atoms with van der Waals surface area (Å²) in [5.41, 5.74) is 19.1. The molecule has 18 rings (SSSR count). The van der Waals surface area contributed by atoms with Crippen LogP contribution in [0.4, 0.5) is 34.1 Å². The molecule has 2 aliphatic rings. The number of anilines is 6. The van der Waals surface area contributed by atoms with Crippen LogP contribution in [0.25, 0.3) is 104 Å². The molecule has 92 heavy (non-hydrogen) atoms. The van der Waals surface area contributed by atoms with Crippen LogP contribution >= 0.6 is 0 Å². The van der Waals surface area contributed by atoms with Crippen LogP contribution < -0.4 is 20.2 Å². The SMILES string of the molecule is C[SiH-](C)(C)c1ccc(N(c2ccc3c(c2)c2cc(N(c4ccc([SiH-](C)(C)C)cc4)c4cccc5c4oc4c(C#N)cccc45)cc4c2n3-c2ccccc2C42c3ccc4ccccc4c3-c3c2ccc2ccccc32)c2cccc3c2oc2c(C#N)cccc23)cc1. The van der Waals surface area contributed by atoms with Gasteiger partial charge in [-0.2, -0.15) is 0 Å². The molecule has 440 valence electrons. The van der Waals surface area contributed by atoms with E-state index in [0.717, 1.165) is 83.2 Å². The van der Waals surface area contributed by atoms with E-state index < -0.39 is 21.6 Å². The maximum absolute atomic E-state index is 10.6. The van der Waals surface area contributed by atoms with Gasteiger partial charge in [-0.05, 0) is 10.8 Å². The van der Waals surface area contributed by atoms with Gasteiger partial charge in [0.15, 0.2) is 0 Å². The first-order valence-electron chi connectivity index (χ1n) is 32.1. The van der Waals surface area contributed by atoms with Crippen LogP contribution in [-0.4, -0.2) is 20.7 Å². The van der Waals surface area contributed by atoms with Crippen molar-refractivity contribution in [2.75, 3.05) is 9.80 Å². The Labute approximate surface area is 534 Å². The number of hydrogen-bond donors (Lipinski definition) is 0. The maximum atomic E-state index is 10.6. The quantitative estimate of drug-likeness (QED) is 0.141. The van der Waals surface area contributed by atoms with E-state index >= 15 is 0 Å². The van der Waals surface area contributed by atoms with E-state index in [1.165, 1.54) is 65.3 Å². The Kier molecular flexibility index (Phi) is 11.3. The van der Waals surface area contributed by atoms with E-state index in [4.69, 9.17) is 8.83 Å². The van der Waals surface area contributed by atoms with Crippen LogP contribution in [0.3, 0.4) is 0 Å². The summed E-state index contributed by atoms with van der Waals surface area (Å²) < 4.78 is 16.6. The van der Waals surface area contributed by atoms with Gasteiger partial charge in [-0.25, -0.2) is 0 Å². The minimum atomic E-state index is -2.09. The molecule has 0 atom stereocenters. The van der Waals surface area contributed by atoms with Crippen LogP contribution in [0, 0.1) is 22.7 Å². The van der Waals surface area contributed by atoms with Crippen molar-refractivity contribution in [3.63, 3.8) is 0 Å². The number of nitriles is 2. The molecule has 0 bridgehead atoms. The summed E-state index contributed by atoms with van der Waals surface area (Å²) in [7, 11) is -4.11. The molecule has 7 nitrogen and oxygen atoms in total. The summed E-state index contributed by atoms with van der Waals surface area (Å²) in [6, 6.07) is 96.2. The van der Waals surface area contributed by atoms with Crippen molar-refractivity contribution in [1.82, 2.24) is 4.57 Å². The normalized spacial score (nSPS) is 13.5. The molecule has 0 unspecified atom stereocenters. The first kappa shape index (κ1) is 53.8. The molecule has 1 aliphatic carbocycles. The number of aromatic nitrogens is 1. The molecular formula is C83H61N5O2Si2-2. The van der Waals surface area contributed by atoms with Gasteiger partial charge in [-0.15, -0.1) is 0 Å². The number of nitrogens with zero attached hydrogens (tertiary/aromatic N) is 5. The van der Waals surface area contributed by atoms with E-state index in [2.05, 4.69) is 290 Å². The van der Waals surface area contributed by atoms with Gasteiger partial charge < -0.3 is 0 Å². The molecule has 0 fully saturated rings. The zero-order valence-electron chi connectivity index (χ0n) is 51.9. The Bertz CT molecular complexity index is 5880. The summed E-state index contributed by atoms with van der Waals surface area (Å²) in [4.78, 5) is 4.76. The fraction of sp³-hybridized carbons (Fsp3) is 0.0843. The van der Waals surface area contributed by atoms with Gasteiger partial charge in [-0.3, -0.25) is 0 Å². The van der Waals surface area contributed by atoms with Crippen molar-refractivity contribution in [3.8, 4) is 29.0 Å². The fourth-order valence-corrected chi connectivity index (χ4v) is 18.6.